The molecule has 0 heterocycles. The number of benzene rings is 3. The van der Waals surface area contributed by atoms with Gasteiger partial charge in [0.2, 0.25) is 0 Å². The fraction of sp³-hybridized carbons (Fsp3) is 0.0526. The first-order chi connectivity index (χ1) is 11.0. The quantitative estimate of drug-likeness (QED) is 0.441. The van der Waals surface area contributed by atoms with E-state index in [1.165, 1.54) is 10.6 Å². The summed E-state index contributed by atoms with van der Waals surface area (Å²) in [6.45, 7) is 2.19. The summed E-state index contributed by atoms with van der Waals surface area (Å²) in [5, 5.41) is 3.21. The Morgan fingerprint density at radius 3 is 1.67 bits per heavy atom. The molecule has 0 aliphatic heterocycles. The summed E-state index contributed by atoms with van der Waals surface area (Å²) in [6.07, 6.45) is 0. The molecule has 0 radical (unpaired) electrons. The zero-order valence-corrected chi connectivity index (χ0v) is 14.8. The highest BCUT2D eigenvalue weighted by Crippen LogP contribution is 2.51. The van der Waals surface area contributed by atoms with Crippen LogP contribution in [0.2, 0.25) is 0 Å². The Morgan fingerprint density at radius 2 is 1.14 bits per heavy atom. The van der Waals surface area contributed by atoms with Gasteiger partial charge in [-0.2, -0.15) is 0 Å². The third-order valence-corrected chi connectivity index (χ3v) is 7.50. The van der Waals surface area contributed by atoms with Crippen molar-refractivity contribution in [2.75, 3.05) is 6.66 Å². The van der Waals surface area contributed by atoms with Gasteiger partial charge in [0, 0.05) is 0 Å². The number of hydrogen-bond donors (Lipinski definition) is 0. The Morgan fingerprint density at radius 1 is 0.667 bits per heavy atom. The van der Waals surface area contributed by atoms with E-state index in [4.69, 9.17) is 4.11 Å². The van der Waals surface area contributed by atoms with Gasteiger partial charge in [0.1, 0.15) is 23.2 Å². The van der Waals surface area contributed by atoms with Gasteiger partial charge in [0.05, 0.1) is 10.8 Å². The lowest BCUT2D eigenvalue weighted by atomic mass is 10.4. The van der Waals surface area contributed by atoms with E-state index in [1.807, 2.05) is 42.5 Å². The van der Waals surface area contributed by atoms with Crippen molar-refractivity contribution in [1.82, 2.24) is 0 Å². The van der Waals surface area contributed by atoms with E-state index >= 15 is 0 Å². The van der Waals surface area contributed by atoms with Gasteiger partial charge in [-0.05, 0) is 36.4 Å². The van der Waals surface area contributed by atoms with Crippen molar-refractivity contribution in [1.29, 1.82) is 0 Å². The molecule has 3 aromatic rings. The maximum Gasteiger partial charge on any atom is 0.109 e. The summed E-state index contributed by atoms with van der Waals surface area (Å²) < 4.78 is 24.2. The predicted molar refractivity (Wildman–Crippen MR) is 91.1 cm³/mol. The Labute approximate surface area is 148 Å². The van der Waals surface area contributed by atoms with Gasteiger partial charge >= 0.3 is 0 Å². The molecule has 3 aromatic carbocycles. The number of rotatable bonds is 3. The van der Waals surface area contributed by atoms with E-state index < -0.39 is 7.26 Å². The van der Waals surface area contributed by atoms with E-state index in [0.29, 0.717) is 0 Å². The predicted octanol–water partition coefficient (Wildman–Crippen LogP) is 0.614. The van der Waals surface area contributed by atoms with Gasteiger partial charge in [-0.15, -0.1) is 0 Å². The second kappa shape index (κ2) is 7.20. The van der Waals surface area contributed by atoms with Crippen molar-refractivity contribution >= 4 is 23.2 Å². The minimum atomic E-state index is -2.00. The van der Waals surface area contributed by atoms with Crippen molar-refractivity contribution in [3.05, 3.63) is 90.9 Å². The minimum absolute atomic E-state index is 0. The van der Waals surface area contributed by atoms with Crippen LogP contribution in [0.4, 0.5) is 0 Å². The third kappa shape index (κ3) is 3.20. The second-order valence-electron chi connectivity index (χ2n) is 4.79. The van der Waals surface area contributed by atoms with Crippen LogP contribution in [-0.2, 0) is 0 Å². The molecule has 0 atom stereocenters. The summed E-state index contributed by atoms with van der Waals surface area (Å²) in [6, 6.07) is 24.2. The highest BCUT2D eigenvalue weighted by atomic mass is 127. The molecule has 0 aliphatic rings. The molecule has 3 rings (SSSR count). The molecule has 2 heteroatoms. The van der Waals surface area contributed by atoms with Crippen LogP contribution in [0.3, 0.4) is 0 Å². The van der Waals surface area contributed by atoms with Gasteiger partial charge < -0.3 is 24.0 Å². The fourth-order valence-corrected chi connectivity index (χ4v) is 5.49. The van der Waals surface area contributed by atoms with Gasteiger partial charge in [0.25, 0.3) is 0 Å². The molecule has 21 heavy (non-hydrogen) atoms. The molecule has 106 valence electrons. The van der Waals surface area contributed by atoms with Crippen LogP contribution < -0.4 is 39.9 Å². The maximum atomic E-state index is 8.41. The number of hydrogen-bond acceptors (Lipinski definition) is 0. The molecule has 0 nitrogen and oxygen atoms in total. The van der Waals surface area contributed by atoms with Crippen LogP contribution in [0.5, 0.6) is 0 Å². The lowest BCUT2D eigenvalue weighted by molar-refractivity contribution is -0.00000390. The summed E-state index contributed by atoms with van der Waals surface area (Å²) in [5.41, 5.74) is 0. The Bertz CT molecular complexity index is 783. The summed E-state index contributed by atoms with van der Waals surface area (Å²) in [5.74, 6) is 0. The smallest absolute Gasteiger partial charge is 0.109 e. The van der Waals surface area contributed by atoms with E-state index in [-0.39, 0.29) is 42.1 Å². The summed E-state index contributed by atoms with van der Waals surface area (Å²) in [7, 11) is -2.00. The Balaban J connectivity index is 0.00000208. The van der Waals surface area contributed by atoms with Crippen molar-refractivity contribution in [2.24, 2.45) is 0 Å². The van der Waals surface area contributed by atoms with Crippen molar-refractivity contribution in [2.45, 2.75) is 0 Å². The highest BCUT2D eigenvalue weighted by molar-refractivity contribution is 7.95. The van der Waals surface area contributed by atoms with E-state index in [1.54, 1.807) is 6.07 Å². The maximum absolute atomic E-state index is 8.41. The number of halogens is 1. The standard InChI is InChI=1S/C19H18P.HI/c1-20(17-11-5-2-6-12-17,18-13-7-3-8-14-18)19-15-9-4-10-16-19;/h2-16H,1H3;1H/q+1;/p-1/i2D,5D,11D;. The van der Waals surface area contributed by atoms with E-state index in [2.05, 4.69) is 30.9 Å². The largest absolute Gasteiger partial charge is 1.00 e. The Kier molecular flexibility index (Phi) is 4.24. The van der Waals surface area contributed by atoms with Crippen LogP contribution in [0.25, 0.3) is 0 Å². The summed E-state index contributed by atoms with van der Waals surface area (Å²) >= 11 is 0. The zero-order chi connectivity index (χ0) is 16.4. The molecule has 0 unspecified atom stereocenters. The van der Waals surface area contributed by atoms with Crippen LogP contribution in [-0.4, -0.2) is 6.66 Å². The average Bonchev–Trinajstić information content (AvgIpc) is 2.61. The highest BCUT2D eigenvalue weighted by Gasteiger charge is 2.39. The van der Waals surface area contributed by atoms with Crippen LogP contribution in [0.15, 0.2) is 90.9 Å². The van der Waals surface area contributed by atoms with Crippen molar-refractivity contribution < 1.29 is 28.1 Å². The lowest BCUT2D eigenvalue weighted by Gasteiger charge is -2.22. The van der Waals surface area contributed by atoms with Gasteiger partial charge in [-0.3, -0.25) is 0 Å². The molecule has 0 aliphatic carbocycles. The van der Waals surface area contributed by atoms with E-state index in [0.717, 1.165) is 5.30 Å². The first kappa shape index (κ1) is 12.4. The van der Waals surface area contributed by atoms with Gasteiger partial charge in [-0.1, -0.05) is 54.5 Å². The Hall–Kier alpha value is -1.18. The van der Waals surface area contributed by atoms with Crippen LogP contribution in [0, 0.1) is 0 Å². The molecule has 0 fully saturated rings. The zero-order valence-electron chi connectivity index (χ0n) is 14.8. The van der Waals surface area contributed by atoms with Gasteiger partial charge in [0.15, 0.2) is 0 Å². The average molecular weight is 407 g/mol. The minimum Gasteiger partial charge on any atom is -1.00 e. The fourth-order valence-electron chi connectivity index (χ4n) is 2.44. The molecule has 0 amide bonds. The molecule has 0 bridgehead atoms. The topological polar surface area (TPSA) is 0 Å². The van der Waals surface area contributed by atoms with Crippen molar-refractivity contribution in [3.8, 4) is 0 Å². The molecule has 0 N–H and O–H groups in total. The van der Waals surface area contributed by atoms with Crippen molar-refractivity contribution in [3.63, 3.8) is 0 Å². The summed E-state index contributed by atoms with van der Waals surface area (Å²) in [4.78, 5) is 0. The molecule has 0 saturated carbocycles. The molecule has 0 spiro atoms. The van der Waals surface area contributed by atoms with E-state index in [9.17, 15) is 0 Å². The lowest BCUT2D eigenvalue weighted by Crippen LogP contribution is -3.00. The molecular weight excluding hydrogens is 386 g/mol. The monoisotopic (exact) mass is 407 g/mol. The second-order valence-corrected chi connectivity index (χ2v) is 8.32. The SMILES string of the molecule is [2H]c1ccc([P+](C)(c2ccccc2)c2ccccc2)c([2H])c1[2H].[I-]. The van der Waals surface area contributed by atoms with Crippen LogP contribution >= 0.6 is 7.26 Å². The first-order valence-corrected chi connectivity index (χ1v) is 8.84. The third-order valence-electron chi connectivity index (χ3n) is 3.61. The normalized spacial score (nSPS) is 12.7. The first-order valence-electron chi connectivity index (χ1n) is 8.10. The molecular formula is C19H18IP. The van der Waals surface area contributed by atoms with Crippen LogP contribution in [0.1, 0.15) is 4.11 Å². The molecule has 0 saturated heterocycles. The molecule has 0 aromatic heterocycles. The van der Waals surface area contributed by atoms with Gasteiger partial charge in [-0.25, -0.2) is 0 Å².